The maximum atomic E-state index is 11.0. The lowest BCUT2D eigenvalue weighted by Crippen LogP contribution is -2.53. The number of hydrogen-bond donors (Lipinski definition) is 3. The molecule has 0 aliphatic heterocycles. The van der Waals surface area contributed by atoms with Crippen LogP contribution < -0.4 is 10.8 Å². The molecule has 0 spiro atoms. The number of carbonyl (C=O) groups excluding carboxylic acids is 1. The highest BCUT2D eigenvalue weighted by molar-refractivity contribution is 6.60. The number of nitrogens with one attached hydrogen (secondary N) is 1. The van der Waals surface area contributed by atoms with E-state index in [0.29, 0.717) is 11.3 Å². The van der Waals surface area contributed by atoms with Gasteiger partial charge in [-0.05, 0) is 33.8 Å². The maximum absolute atomic E-state index is 11.0. The van der Waals surface area contributed by atoms with Crippen LogP contribution in [-0.2, 0) is 9.39 Å². The van der Waals surface area contributed by atoms with Crippen molar-refractivity contribution in [3.63, 3.8) is 0 Å². The number of ether oxygens (including phenoxy) is 1. The Bertz CT molecular complexity index is 484. The summed E-state index contributed by atoms with van der Waals surface area (Å²) in [6, 6.07) is 3.07. The zero-order valence-corrected chi connectivity index (χ0v) is 12.9. The fraction of sp³-hybridized carbons (Fsp3) is 0.538. The molecule has 0 aliphatic rings. The fourth-order valence-electron chi connectivity index (χ4n) is 1.27. The minimum Gasteiger partial charge on any atom is -0.453 e. The van der Waals surface area contributed by atoms with Gasteiger partial charge in [0.05, 0.1) is 18.3 Å². The summed E-state index contributed by atoms with van der Waals surface area (Å²) in [5.41, 5.74) is -1.69. The number of aromatic nitrogens is 1. The van der Waals surface area contributed by atoms with Crippen molar-refractivity contribution in [3.8, 4) is 0 Å². The zero-order valence-electron chi connectivity index (χ0n) is 12.9. The predicted molar refractivity (Wildman–Crippen MR) is 79.3 cm³/mol. The highest BCUT2D eigenvalue weighted by Gasteiger charge is 2.39. The Balaban J connectivity index is 2.76. The van der Waals surface area contributed by atoms with Gasteiger partial charge in [0.1, 0.15) is 5.82 Å². The van der Waals surface area contributed by atoms with Crippen LogP contribution in [0.15, 0.2) is 18.3 Å². The van der Waals surface area contributed by atoms with Gasteiger partial charge in [-0.3, -0.25) is 5.32 Å². The number of rotatable bonds is 5. The Hall–Kier alpha value is -1.64. The maximum Gasteiger partial charge on any atom is 0.493 e. The van der Waals surface area contributed by atoms with Crippen LogP contribution >= 0.6 is 0 Å². The third-order valence-electron chi connectivity index (χ3n) is 3.37. The molecule has 1 rings (SSSR count). The summed E-state index contributed by atoms with van der Waals surface area (Å²) >= 11 is 0. The quantitative estimate of drug-likeness (QED) is 0.685. The molecule has 1 amide bonds. The average molecular weight is 296 g/mol. The minimum atomic E-state index is -1.24. The number of nitrogens with zero attached hydrogens (tertiary/aromatic N) is 1. The molecule has 0 aromatic carbocycles. The molecule has 0 unspecified atom stereocenters. The predicted octanol–water partition coefficient (Wildman–Crippen LogP) is 0.513. The third kappa shape index (κ3) is 4.70. The van der Waals surface area contributed by atoms with Crippen LogP contribution in [0.3, 0.4) is 0 Å². The van der Waals surface area contributed by atoms with E-state index in [2.05, 4.69) is 15.0 Å². The standard InChI is InChI=1S/C13H21BN2O5/c1-12(2,18)13(3,4)21-14(19)9-6-7-10(15-8-9)16-11(17)20-5/h6-8,18-19H,1-5H3,(H,15,16,17). The van der Waals surface area contributed by atoms with Gasteiger partial charge in [0.15, 0.2) is 0 Å². The molecule has 0 saturated carbocycles. The molecular formula is C13H21BN2O5. The van der Waals surface area contributed by atoms with Gasteiger partial charge in [0, 0.05) is 11.7 Å². The Labute approximate surface area is 124 Å². The first-order valence-electron chi connectivity index (χ1n) is 6.46. The SMILES string of the molecule is COC(=O)Nc1ccc(B(O)OC(C)(C)C(C)(C)O)cn1. The minimum absolute atomic E-state index is 0.291. The molecule has 0 saturated heterocycles. The van der Waals surface area contributed by atoms with E-state index in [9.17, 15) is 14.9 Å². The van der Waals surface area contributed by atoms with Gasteiger partial charge in [-0.15, -0.1) is 0 Å². The van der Waals surface area contributed by atoms with E-state index in [1.807, 2.05) is 0 Å². The monoisotopic (exact) mass is 296 g/mol. The van der Waals surface area contributed by atoms with Crippen molar-refractivity contribution in [1.29, 1.82) is 0 Å². The Morgan fingerprint density at radius 3 is 2.38 bits per heavy atom. The van der Waals surface area contributed by atoms with Crippen LogP contribution in [-0.4, -0.2) is 46.6 Å². The Morgan fingerprint density at radius 1 is 1.33 bits per heavy atom. The van der Waals surface area contributed by atoms with E-state index in [4.69, 9.17) is 4.65 Å². The largest absolute Gasteiger partial charge is 0.493 e. The number of aliphatic hydroxyl groups is 1. The molecule has 7 nitrogen and oxygen atoms in total. The number of anilines is 1. The summed E-state index contributed by atoms with van der Waals surface area (Å²) in [7, 11) is 0.00567. The summed E-state index contributed by atoms with van der Waals surface area (Å²) in [6.07, 6.45) is 0.742. The van der Waals surface area contributed by atoms with Crippen LogP contribution in [0.4, 0.5) is 10.6 Å². The van der Waals surface area contributed by atoms with Gasteiger partial charge < -0.3 is 19.5 Å². The first-order valence-corrected chi connectivity index (χ1v) is 6.46. The van der Waals surface area contributed by atoms with Crippen LogP contribution in [0, 0.1) is 0 Å². The number of pyridine rings is 1. The number of hydrogen-bond acceptors (Lipinski definition) is 6. The van der Waals surface area contributed by atoms with E-state index in [0.717, 1.165) is 0 Å². The fourth-order valence-corrected chi connectivity index (χ4v) is 1.27. The van der Waals surface area contributed by atoms with Crippen molar-refractivity contribution in [2.45, 2.75) is 38.9 Å². The van der Waals surface area contributed by atoms with E-state index in [1.54, 1.807) is 33.8 Å². The van der Waals surface area contributed by atoms with Crippen LogP contribution in [0.2, 0.25) is 0 Å². The van der Waals surface area contributed by atoms with E-state index in [1.165, 1.54) is 19.4 Å². The summed E-state index contributed by atoms with van der Waals surface area (Å²) in [5.74, 6) is 0.291. The molecule has 1 aromatic heterocycles. The smallest absolute Gasteiger partial charge is 0.453 e. The molecule has 0 atom stereocenters. The zero-order chi connectivity index (χ0) is 16.3. The van der Waals surface area contributed by atoms with Crippen molar-refractivity contribution in [1.82, 2.24) is 4.98 Å². The van der Waals surface area contributed by atoms with Crippen molar-refractivity contribution in [2.24, 2.45) is 0 Å². The second kappa shape index (κ2) is 6.42. The van der Waals surface area contributed by atoms with Gasteiger partial charge >= 0.3 is 13.2 Å². The lowest BCUT2D eigenvalue weighted by atomic mass is 9.77. The highest BCUT2D eigenvalue weighted by Crippen LogP contribution is 2.25. The molecule has 116 valence electrons. The number of methoxy groups -OCH3 is 1. The molecule has 0 aliphatic carbocycles. The van der Waals surface area contributed by atoms with Gasteiger partial charge in [0.25, 0.3) is 0 Å². The van der Waals surface area contributed by atoms with E-state index >= 15 is 0 Å². The van der Waals surface area contributed by atoms with Crippen LogP contribution in [0.1, 0.15) is 27.7 Å². The normalized spacial score (nSPS) is 12.0. The van der Waals surface area contributed by atoms with Crippen molar-refractivity contribution in [2.75, 3.05) is 12.4 Å². The summed E-state index contributed by atoms with van der Waals surface area (Å²) in [6.45, 7) is 6.55. The molecule has 0 radical (unpaired) electrons. The molecule has 0 fully saturated rings. The second-order valence-corrected chi connectivity index (χ2v) is 5.63. The Kier molecular flexibility index (Phi) is 5.33. The lowest BCUT2D eigenvalue weighted by molar-refractivity contribution is -0.0982. The van der Waals surface area contributed by atoms with Crippen LogP contribution in [0.5, 0.6) is 0 Å². The molecule has 1 heterocycles. The average Bonchev–Trinajstić information content (AvgIpc) is 2.37. The van der Waals surface area contributed by atoms with Crippen molar-refractivity contribution >= 4 is 24.5 Å². The lowest BCUT2D eigenvalue weighted by Gasteiger charge is -2.38. The molecule has 21 heavy (non-hydrogen) atoms. The van der Waals surface area contributed by atoms with E-state index in [-0.39, 0.29) is 0 Å². The van der Waals surface area contributed by atoms with Crippen molar-refractivity contribution < 1.29 is 24.3 Å². The van der Waals surface area contributed by atoms with Gasteiger partial charge in [-0.2, -0.15) is 0 Å². The molecule has 1 aromatic rings. The van der Waals surface area contributed by atoms with Crippen molar-refractivity contribution in [3.05, 3.63) is 18.3 Å². The summed E-state index contributed by atoms with van der Waals surface area (Å²) < 4.78 is 9.93. The van der Waals surface area contributed by atoms with Gasteiger partial charge in [-0.25, -0.2) is 9.78 Å². The highest BCUT2D eigenvalue weighted by atomic mass is 16.5. The third-order valence-corrected chi connectivity index (χ3v) is 3.37. The summed E-state index contributed by atoms with van der Waals surface area (Å²) in [5, 5.41) is 22.4. The van der Waals surface area contributed by atoms with Gasteiger partial charge in [0.2, 0.25) is 0 Å². The van der Waals surface area contributed by atoms with Gasteiger partial charge in [-0.1, -0.05) is 6.07 Å². The second-order valence-electron chi connectivity index (χ2n) is 5.63. The van der Waals surface area contributed by atoms with E-state index < -0.39 is 24.4 Å². The first-order chi connectivity index (χ1) is 9.56. The molecular weight excluding hydrogens is 275 g/mol. The van der Waals surface area contributed by atoms with Crippen LogP contribution in [0.25, 0.3) is 0 Å². The summed E-state index contributed by atoms with van der Waals surface area (Å²) in [4.78, 5) is 15.0. The topological polar surface area (TPSA) is 101 Å². The molecule has 3 N–H and O–H groups in total. The molecule has 8 heteroatoms. The Morgan fingerprint density at radius 2 is 1.95 bits per heavy atom. The number of amides is 1. The number of carbonyl (C=O) groups is 1. The first kappa shape index (κ1) is 17.4. The molecule has 0 bridgehead atoms.